The van der Waals surface area contributed by atoms with Gasteiger partial charge in [0.1, 0.15) is 53.3 Å². The third-order valence-electron chi connectivity index (χ3n) is 8.85. The summed E-state index contributed by atoms with van der Waals surface area (Å²) in [5, 5.41) is 51.3. The van der Waals surface area contributed by atoms with Gasteiger partial charge in [-0.05, 0) is 102 Å². The molecule has 2 unspecified atom stereocenters. The minimum absolute atomic E-state index is 0.129. The summed E-state index contributed by atoms with van der Waals surface area (Å²) in [5.74, 6) is 2.49. The fraction of sp³-hybridized carbons (Fsp3) is 0.350. The molecular formula is C40H45BrCl2N10O6S2. The Morgan fingerprint density at radius 2 is 1.25 bits per heavy atom. The topological polar surface area (TPSA) is 197 Å². The Balaban J connectivity index is 0.000000185. The van der Waals surface area contributed by atoms with E-state index in [1.54, 1.807) is 67.9 Å². The van der Waals surface area contributed by atoms with Gasteiger partial charge in [0.2, 0.25) is 11.8 Å². The van der Waals surface area contributed by atoms with Gasteiger partial charge in [-0.2, -0.15) is 20.2 Å². The summed E-state index contributed by atoms with van der Waals surface area (Å²) in [4.78, 5) is 8.42. The van der Waals surface area contributed by atoms with E-state index in [-0.39, 0.29) is 18.5 Å². The molecule has 4 heterocycles. The summed E-state index contributed by atoms with van der Waals surface area (Å²) in [6, 6.07) is 11.5. The number of aryl methyl sites for hydroxylation is 2. The molecule has 0 amide bonds. The number of halogens is 3. The highest BCUT2D eigenvalue weighted by Gasteiger charge is 2.23. The number of aliphatic hydroxyl groups excluding tert-OH is 2. The van der Waals surface area contributed by atoms with Crippen molar-refractivity contribution < 1.29 is 29.5 Å². The van der Waals surface area contributed by atoms with E-state index < -0.39 is 6.10 Å². The van der Waals surface area contributed by atoms with Gasteiger partial charge in [0, 0.05) is 40.7 Å². The summed E-state index contributed by atoms with van der Waals surface area (Å²) >= 11 is 26.4. The highest BCUT2D eigenvalue weighted by atomic mass is 79.9. The van der Waals surface area contributed by atoms with Gasteiger partial charge in [-0.1, -0.05) is 39.1 Å². The third-order valence-corrected chi connectivity index (χ3v) is 10.9. The standard InChI is InChI=1S/C20H22ClN5O3S.C17H16ClN5O2S.C3H7BrO/c1-11(27)9-28-17-8-26-18(12(17)2)19(22-10-23-26)29-14-5-6-16(15(21)7-14)25-20(30)24-13-3-4-13;1-9-14(24)7-23-15(9)16(19-8-20-23)25-11-4-5-13(12(18)6-11)22-17(26)21-10-2-3-10;1-3(5)2-4/h5-8,10-11,13,27H,3-4,9H2,1-2H3,(H2,24,25,30);4-8,10,24H,2-3H2,1H3,(H2,21,22,26);3,5H,2H2,1H3. The van der Waals surface area contributed by atoms with Gasteiger partial charge in [-0.15, -0.1) is 0 Å². The van der Waals surface area contributed by atoms with Crippen LogP contribution in [-0.2, 0) is 0 Å². The van der Waals surface area contributed by atoms with Gasteiger partial charge >= 0.3 is 0 Å². The van der Waals surface area contributed by atoms with Crippen LogP contribution in [0.25, 0.3) is 11.0 Å². The second kappa shape index (κ2) is 20.9. The van der Waals surface area contributed by atoms with Crippen LogP contribution in [0.15, 0.2) is 61.4 Å². The van der Waals surface area contributed by atoms with E-state index in [2.05, 4.69) is 57.4 Å². The molecular weight excluding hydrogens is 931 g/mol. The van der Waals surface area contributed by atoms with Gasteiger partial charge in [-0.25, -0.2) is 9.03 Å². The zero-order chi connectivity index (χ0) is 43.8. The molecule has 2 atom stereocenters. The molecule has 6 aromatic rings. The largest absolute Gasteiger partial charge is 0.506 e. The van der Waals surface area contributed by atoms with Crippen molar-refractivity contribution in [2.24, 2.45) is 0 Å². The second-order valence-corrected chi connectivity index (χ2v) is 16.6. The molecule has 2 fully saturated rings. The average Bonchev–Trinajstić information content (AvgIpc) is 4.15. The first-order chi connectivity index (χ1) is 29.2. The first kappa shape index (κ1) is 45.8. The number of nitrogens with zero attached hydrogens (tertiary/aromatic N) is 6. The molecule has 324 valence electrons. The number of thiocarbonyl (C=S) groups is 2. The van der Waals surface area contributed by atoms with Gasteiger partial charge in [-0.3, -0.25) is 0 Å². The van der Waals surface area contributed by atoms with E-state index in [0.717, 1.165) is 31.2 Å². The molecule has 2 aliphatic rings. The van der Waals surface area contributed by atoms with E-state index in [9.17, 15) is 10.2 Å². The Morgan fingerprint density at radius 1 is 0.787 bits per heavy atom. The minimum atomic E-state index is -0.573. The molecule has 4 aromatic heterocycles. The Labute approximate surface area is 381 Å². The van der Waals surface area contributed by atoms with Crippen LogP contribution >= 0.6 is 63.6 Å². The zero-order valence-electron chi connectivity index (χ0n) is 33.5. The molecule has 0 radical (unpaired) electrons. The summed E-state index contributed by atoms with van der Waals surface area (Å²) in [5.41, 5.74) is 4.11. The number of rotatable bonds is 12. The van der Waals surface area contributed by atoms with Crippen molar-refractivity contribution >= 4 is 96.2 Å². The molecule has 8 rings (SSSR count). The number of fused-ring (bicyclic) bond motifs is 2. The summed E-state index contributed by atoms with van der Waals surface area (Å²) in [6.07, 6.45) is 9.80. The average molecular weight is 977 g/mol. The van der Waals surface area contributed by atoms with E-state index in [4.69, 9.17) is 67.0 Å². The maximum absolute atomic E-state index is 9.87. The van der Waals surface area contributed by atoms with E-state index in [1.807, 2.05) is 6.92 Å². The Morgan fingerprint density at radius 3 is 1.67 bits per heavy atom. The summed E-state index contributed by atoms with van der Waals surface area (Å²) in [6.45, 7) is 7.24. The molecule has 61 heavy (non-hydrogen) atoms. The van der Waals surface area contributed by atoms with Crippen molar-refractivity contribution in [2.45, 2.75) is 77.7 Å². The fourth-order valence-electron chi connectivity index (χ4n) is 5.41. The second-order valence-electron chi connectivity index (χ2n) is 14.4. The van der Waals surface area contributed by atoms with Crippen LogP contribution in [-0.4, -0.2) is 91.0 Å². The number of anilines is 2. The number of benzene rings is 2. The molecule has 0 saturated heterocycles. The quantitative estimate of drug-likeness (QED) is 0.0459. The lowest BCUT2D eigenvalue weighted by atomic mass is 10.3. The number of hydrogen-bond donors (Lipinski definition) is 7. The molecule has 16 nitrogen and oxygen atoms in total. The monoisotopic (exact) mass is 974 g/mol. The van der Waals surface area contributed by atoms with Crippen LogP contribution in [0.5, 0.6) is 34.8 Å². The number of alkyl halides is 1. The molecule has 7 N–H and O–H groups in total. The van der Waals surface area contributed by atoms with Crippen molar-refractivity contribution in [3.05, 3.63) is 82.6 Å². The Hall–Kier alpha value is -4.76. The lowest BCUT2D eigenvalue weighted by molar-refractivity contribution is 0.122. The van der Waals surface area contributed by atoms with Crippen molar-refractivity contribution in [3.63, 3.8) is 0 Å². The molecule has 2 aliphatic carbocycles. The van der Waals surface area contributed by atoms with Crippen LogP contribution in [0.3, 0.4) is 0 Å². The minimum Gasteiger partial charge on any atom is -0.506 e. The molecule has 0 aliphatic heterocycles. The van der Waals surface area contributed by atoms with Crippen LogP contribution < -0.4 is 35.5 Å². The first-order valence-electron chi connectivity index (χ1n) is 19.2. The van der Waals surface area contributed by atoms with Crippen molar-refractivity contribution in [2.75, 3.05) is 22.6 Å². The highest BCUT2D eigenvalue weighted by molar-refractivity contribution is 9.09. The smallest absolute Gasteiger partial charge is 0.247 e. The zero-order valence-corrected chi connectivity index (χ0v) is 38.3. The number of aromatic hydroxyl groups is 1. The van der Waals surface area contributed by atoms with Crippen molar-refractivity contribution in [3.8, 4) is 34.8 Å². The van der Waals surface area contributed by atoms with Crippen LogP contribution in [0, 0.1) is 13.8 Å². The predicted molar refractivity (Wildman–Crippen MR) is 248 cm³/mol. The lowest BCUT2D eigenvalue weighted by Gasteiger charge is -2.12. The van der Waals surface area contributed by atoms with Crippen molar-refractivity contribution in [1.29, 1.82) is 0 Å². The molecule has 0 bridgehead atoms. The maximum Gasteiger partial charge on any atom is 0.247 e. The number of nitrogens with one attached hydrogen (secondary N) is 4. The Bertz CT molecular complexity index is 2500. The van der Waals surface area contributed by atoms with Gasteiger partial charge in [0.15, 0.2) is 10.2 Å². The summed E-state index contributed by atoms with van der Waals surface area (Å²) < 4.78 is 20.7. The van der Waals surface area contributed by atoms with E-state index >= 15 is 0 Å². The number of ether oxygens (including phenoxy) is 3. The van der Waals surface area contributed by atoms with Gasteiger partial charge in [0.25, 0.3) is 0 Å². The van der Waals surface area contributed by atoms with Gasteiger partial charge in [0.05, 0.1) is 46.0 Å². The van der Waals surface area contributed by atoms with Crippen molar-refractivity contribution in [1.82, 2.24) is 39.8 Å². The molecule has 2 saturated carbocycles. The van der Waals surface area contributed by atoms with Crippen LogP contribution in [0.1, 0.15) is 50.7 Å². The maximum atomic E-state index is 9.87. The highest BCUT2D eigenvalue weighted by Crippen LogP contribution is 2.36. The number of aliphatic hydroxyl groups is 2. The number of aromatic nitrogens is 6. The lowest BCUT2D eigenvalue weighted by Crippen LogP contribution is -2.30. The SMILES string of the molecule is CC(O)CBr.Cc1c(O)cn2ncnc(Oc3ccc(NC(=S)NC4CC4)c(Cl)c3)c12.Cc1c(OCC(C)O)cn2ncnc(Oc3ccc(NC(=S)NC4CC4)c(Cl)c3)c12. The molecule has 0 spiro atoms. The van der Waals surface area contributed by atoms with E-state index in [1.165, 1.54) is 23.4 Å². The Kier molecular flexibility index (Phi) is 15.7. The normalized spacial score (nSPS) is 14.1. The first-order valence-corrected chi connectivity index (χ1v) is 21.9. The third kappa shape index (κ3) is 12.9. The van der Waals surface area contributed by atoms with Crippen LogP contribution in [0.4, 0.5) is 11.4 Å². The van der Waals surface area contributed by atoms with Crippen LogP contribution in [0.2, 0.25) is 10.0 Å². The van der Waals surface area contributed by atoms with E-state index in [0.29, 0.717) is 94.7 Å². The molecule has 21 heteroatoms. The predicted octanol–water partition coefficient (Wildman–Crippen LogP) is 8.09. The summed E-state index contributed by atoms with van der Waals surface area (Å²) in [7, 11) is 0. The number of hydrogen-bond acceptors (Lipinski definition) is 12. The fourth-order valence-corrected chi connectivity index (χ4v) is 6.40. The van der Waals surface area contributed by atoms with Gasteiger partial charge < -0.3 is 50.8 Å². The molecule has 2 aromatic carbocycles.